The first-order valence-electron chi connectivity index (χ1n) is 7.54. The first-order chi connectivity index (χ1) is 11.1. The van der Waals surface area contributed by atoms with Gasteiger partial charge < -0.3 is 10.6 Å². The monoisotopic (exact) mass is 416 g/mol. The van der Waals surface area contributed by atoms with Gasteiger partial charge in [-0.15, -0.1) is 12.4 Å². The maximum atomic E-state index is 13.4. The minimum absolute atomic E-state index is 0. The average Bonchev–Trinajstić information content (AvgIpc) is 3.07. The van der Waals surface area contributed by atoms with Crippen LogP contribution in [0.3, 0.4) is 0 Å². The van der Waals surface area contributed by atoms with Crippen LogP contribution in [-0.2, 0) is 16.9 Å². The maximum Gasteiger partial charge on any atom is 0.248 e. The zero-order valence-electron chi connectivity index (χ0n) is 13.0. The van der Waals surface area contributed by atoms with E-state index in [0.29, 0.717) is 17.3 Å². The molecular formula is C16H19BrClFN4O. The summed E-state index contributed by atoms with van der Waals surface area (Å²) in [5, 5.41) is 10.5. The highest BCUT2D eigenvalue weighted by atomic mass is 79.9. The molecule has 24 heavy (non-hydrogen) atoms. The number of amides is 1. The molecule has 0 unspecified atom stereocenters. The van der Waals surface area contributed by atoms with E-state index >= 15 is 0 Å². The van der Waals surface area contributed by atoms with E-state index in [2.05, 4.69) is 31.7 Å². The third kappa shape index (κ3) is 3.96. The molecule has 1 fully saturated rings. The molecule has 0 saturated carbocycles. The Labute approximate surface area is 154 Å². The van der Waals surface area contributed by atoms with Crippen molar-refractivity contribution >= 4 is 34.2 Å². The lowest BCUT2D eigenvalue weighted by Crippen LogP contribution is -2.54. The molecule has 130 valence electrons. The Hall–Kier alpha value is -1.44. The van der Waals surface area contributed by atoms with Crippen LogP contribution in [-0.4, -0.2) is 28.8 Å². The summed E-state index contributed by atoms with van der Waals surface area (Å²) in [7, 11) is 0. The molecule has 2 N–H and O–H groups in total. The lowest BCUT2D eigenvalue weighted by atomic mass is 9.87. The summed E-state index contributed by atoms with van der Waals surface area (Å²) in [6.07, 6.45) is 4.85. The number of hydrogen-bond donors (Lipinski definition) is 2. The van der Waals surface area contributed by atoms with Crippen LogP contribution >= 0.6 is 28.3 Å². The van der Waals surface area contributed by atoms with E-state index in [4.69, 9.17) is 0 Å². The van der Waals surface area contributed by atoms with Gasteiger partial charge in [0.25, 0.3) is 0 Å². The van der Waals surface area contributed by atoms with Gasteiger partial charge in [0, 0.05) is 23.4 Å². The van der Waals surface area contributed by atoms with E-state index in [1.54, 1.807) is 16.9 Å². The van der Waals surface area contributed by atoms with Crippen molar-refractivity contribution in [2.45, 2.75) is 24.9 Å². The van der Waals surface area contributed by atoms with Gasteiger partial charge in [-0.2, -0.15) is 5.10 Å². The van der Waals surface area contributed by atoms with Gasteiger partial charge in [-0.05, 0) is 55.8 Å². The van der Waals surface area contributed by atoms with Crippen LogP contribution in [0.4, 0.5) is 4.39 Å². The van der Waals surface area contributed by atoms with E-state index in [-0.39, 0.29) is 30.7 Å². The van der Waals surface area contributed by atoms with Crippen molar-refractivity contribution in [1.29, 1.82) is 0 Å². The number of carbonyl (C=O) groups is 1. The van der Waals surface area contributed by atoms with Crippen LogP contribution < -0.4 is 10.6 Å². The van der Waals surface area contributed by atoms with E-state index < -0.39 is 5.54 Å². The van der Waals surface area contributed by atoms with Gasteiger partial charge in [0.1, 0.15) is 11.4 Å². The van der Waals surface area contributed by atoms with Crippen LogP contribution in [0.5, 0.6) is 0 Å². The molecule has 2 heterocycles. The third-order valence-electron chi connectivity index (χ3n) is 4.17. The molecule has 0 bridgehead atoms. The molecule has 8 heteroatoms. The molecule has 1 aliphatic heterocycles. The minimum Gasteiger partial charge on any atom is -0.350 e. The Kier molecular flexibility index (Phi) is 6.37. The van der Waals surface area contributed by atoms with Gasteiger partial charge in [0.15, 0.2) is 0 Å². The SMILES string of the molecule is Cl.O=C(NCc1cc(F)cc(Br)c1)C1(n2cccn2)CCNCC1. The van der Waals surface area contributed by atoms with Gasteiger partial charge in [-0.1, -0.05) is 15.9 Å². The molecule has 1 aromatic heterocycles. The number of halogens is 3. The second kappa shape index (κ2) is 8.09. The number of aromatic nitrogens is 2. The minimum atomic E-state index is -0.681. The van der Waals surface area contributed by atoms with E-state index in [1.165, 1.54) is 12.1 Å². The molecule has 0 atom stereocenters. The summed E-state index contributed by atoms with van der Waals surface area (Å²) in [6, 6.07) is 6.44. The van der Waals surface area contributed by atoms with Crippen LogP contribution in [0.15, 0.2) is 41.1 Å². The standard InChI is InChI=1S/C16H18BrFN4O.ClH/c17-13-8-12(9-14(18)10-13)11-20-15(23)16(2-5-19-6-3-16)22-7-1-4-21-22;/h1,4,7-10,19H,2-3,5-6,11H2,(H,20,23);1H. The number of carbonyl (C=O) groups excluding carboxylic acids is 1. The topological polar surface area (TPSA) is 59.0 Å². The van der Waals surface area contributed by atoms with Crippen LogP contribution in [0.1, 0.15) is 18.4 Å². The lowest BCUT2D eigenvalue weighted by Gasteiger charge is -2.36. The molecule has 1 amide bonds. The van der Waals surface area contributed by atoms with Gasteiger partial charge in [0.2, 0.25) is 5.91 Å². The number of hydrogen-bond acceptors (Lipinski definition) is 3. The Morgan fingerprint density at radius 2 is 2.12 bits per heavy atom. The summed E-state index contributed by atoms with van der Waals surface area (Å²) in [5.41, 5.74) is 0.0361. The van der Waals surface area contributed by atoms with Crippen molar-refractivity contribution in [2.75, 3.05) is 13.1 Å². The fraction of sp³-hybridized carbons (Fsp3) is 0.375. The Morgan fingerprint density at radius 3 is 2.75 bits per heavy atom. The highest BCUT2D eigenvalue weighted by Gasteiger charge is 2.41. The van der Waals surface area contributed by atoms with Crippen molar-refractivity contribution in [3.63, 3.8) is 0 Å². The molecule has 1 aromatic carbocycles. The molecule has 0 aliphatic carbocycles. The molecular weight excluding hydrogens is 399 g/mol. The van der Waals surface area contributed by atoms with Gasteiger partial charge in [-0.25, -0.2) is 4.39 Å². The van der Waals surface area contributed by atoms with Gasteiger partial charge in [0.05, 0.1) is 0 Å². The Bertz CT molecular complexity index is 669. The Balaban J connectivity index is 0.00000208. The van der Waals surface area contributed by atoms with E-state index in [0.717, 1.165) is 18.7 Å². The highest BCUT2D eigenvalue weighted by molar-refractivity contribution is 9.10. The van der Waals surface area contributed by atoms with E-state index in [1.807, 2.05) is 12.3 Å². The van der Waals surface area contributed by atoms with Crippen molar-refractivity contribution in [1.82, 2.24) is 20.4 Å². The van der Waals surface area contributed by atoms with Crippen molar-refractivity contribution in [2.24, 2.45) is 0 Å². The van der Waals surface area contributed by atoms with Gasteiger partial charge in [-0.3, -0.25) is 9.48 Å². The predicted molar refractivity (Wildman–Crippen MR) is 95.5 cm³/mol. The molecule has 5 nitrogen and oxygen atoms in total. The summed E-state index contributed by atoms with van der Waals surface area (Å²) in [6.45, 7) is 1.81. The summed E-state index contributed by atoms with van der Waals surface area (Å²) < 4.78 is 15.8. The largest absolute Gasteiger partial charge is 0.350 e. The summed E-state index contributed by atoms with van der Waals surface area (Å²) in [5.74, 6) is -0.407. The third-order valence-corrected chi connectivity index (χ3v) is 4.63. The summed E-state index contributed by atoms with van der Waals surface area (Å²) >= 11 is 3.26. The first kappa shape index (κ1) is 18.9. The zero-order chi connectivity index (χ0) is 16.3. The molecule has 0 radical (unpaired) electrons. The zero-order valence-corrected chi connectivity index (χ0v) is 15.4. The van der Waals surface area contributed by atoms with Crippen molar-refractivity contribution in [3.8, 4) is 0 Å². The average molecular weight is 418 g/mol. The molecule has 2 aromatic rings. The number of nitrogens with one attached hydrogen (secondary N) is 2. The lowest BCUT2D eigenvalue weighted by molar-refractivity contribution is -0.132. The number of piperidine rings is 1. The highest BCUT2D eigenvalue weighted by Crippen LogP contribution is 2.27. The maximum absolute atomic E-state index is 13.4. The van der Waals surface area contributed by atoms with Crippen LogP contribution in [0.2, 0.25) is 0 Å². The first-order valence-corrected chi connectivity index (χ1v) is 8.34. The van der Waals surface area contributed by atoms with Crippen molar-refractivity contribution < 1.29 is 9.18 Å². The van der Waals surface area contributed by atoms with Crippen molar-refractivity contribution in [3.05, 3.63) is 52.5 Å². The molecule has 0 spiro atoms. The fourth-order valence-electron chi connectivity index (χ4n) is 2.98. The number of nitrogens with zero attached hydrogens (tertiary/aromatic N) is 2. The second-order valence-electron chi connectivity index (χ2n) is 5.69. The number of rotatable bonds is 4. The Morgan fingerprint density at radius 1 is 1.38 bits per heavy atom. The van der Waals surface area contributed by atoms with E-state index in [9.17, 15) is 9.18 Å². The molecule has 1 aliphatic rings. The normalized spacial score (nSPS) is 16.2. The van der Waals surface area contributed by atoms with Crippen LogP contribution in [0.25, 0.3) is 0 Å². The fourth-order valence-corrected chi connectivity index (χ4v) is 3.50. The second-order valence-corrected chi connectivity index (χ2v) is 6.61. The smallest absolute Gasteiger partial charge is 0.248 e. The predicted octanol–water partition coefficient (Wildman–Crippen LogP) is 2.60. The number of benzene rings is 1. The van der Waals surface area contributed by atoms with Crippen LogP contribution in [0, 0.1) is 5.82 Å². The molecule has 1 saturated heterocycles. The summed E-state index contributed by atoms with van der Waals surface area (Å²) in [4.78, 5) is 12.9. The quantitative estimate of drug-likeness (QED) is 0.804. The van der Waals surface area contributed by atoms with Gasteiger partial charge >= 0.3 is 0 Å². The molecule has 3 rings (SSSR count).